The van der Waals surface area contributed by atoms with E-state index < -0.39 is 11.7 Å². The van der Waals surface area contributed by atoms with Crippen LogP contribution in [0.4, 0.5) is 15.8 Å². The number of aryl methyl sites for hydroxylation is 2. The summed E-state index contributed by atoms with van der Waals surface area (Å²) in [6, 6.07) is 16.3. The van der Waals surface area contributed by atoms with Crippen molar-refractivity contribution >= 4 is 51.9 Å². The summed E-state index contributed by atoms with van der Waals surface area (Å²) in [4.78, 5) is 25.1. The minimum Gasteiger partial charge on any atom is -0.490 e. The number of nitrogens with one attached hydrogen (secondary N) is 2. The fraction of sp³-hybridized carbons (Fsp3) is 0.179. The smallest absolute Gasteiger partial charge is 0.266 e. The van der Waals surface area contributed by atoms with Crippen LogP contribution in [0.5, 0.6) is 11.5 Å². The van der Waals surface area contributed by atoms with Gasteiger partial charge in [-0.3, -0.25) is 9.59 Å². The number of rotatable bonds is 9. The van der Waals surface area contributed by atoms with Gasteiger partial charge < -0.3 is 20.1 Å². The van der Waals surface area contributed by atoms with Gasteiger partial charge in [-0.2, -0.15) is 5.26 Å². The van der Waals surface area contributed by atoms with E-state index in [2.05, 4.69) is 10.6 Å². The molecule has 0 aliphatic rings. The Kier molecular flexibility index (Phi) is 9.63. The molecular formula is C28H25FIN3O4. The summed E-state index contributed by atoms with van der Waals surface area (Å²) in [5.41, 5.74) is 3.44. The van der Waals surface area contributed by atoms with E-state index in [4.69, 9.17) is 9.47 Å². The Morgan fingerprint density at radius 1 is 1.05 bits per heavy atom. The Balaban J connectivity index is 1.77. The summed E-state index contributed by atoms with van der Waals surface area (Å²) >= 11 is 2.04. The second-order valence-corrected chi connectivity index (χ2v) is 9.21. The van der Waals surface area contributed by atoms with E-state index >= 15 is 0 Å². The molecule has 0 spiro atoms. The first-order valence-corrected chi connectivity index (χ1v) is 12.4. The van der Waals surface area contributed by atoms with Gasteiger partial charge in [0.1, 0.15) is 17.5 Å². The van der Waals surface area contributed by atoms with Crippen LogP contribution in [0, 0.1) is 34.6 Å². The van der Waals surface area contributed by atoms with E-state index in [1.807, 2.05) is 67.6 Å². The molecule has 2 amide bonds. The largest absolute Gasteiger partial charge is 0.490 e. The van der Waals surface area contributed by atoms with Gasteiger partial charge in [-0.25, -0.2) is 4.39 Å². The molecule has 0 saturated carbocycles. The summed E-state index contributed by atoms with van der Waals surface area (Å²) in [5, 5.41) is 15.0. The van der Waals surface area contributed by atoms with Crippen molar-refractivity contribution in [2.45, 2.75) is 20.8 Å². The van der Waals surface area contributed by atoms with Gasteiger partial charge in [-0.1, -0.05) is 12.1 Å². The summed E-state index contributed by atoms with van der Waals surface area (Å²) in [5.74, 6) is -0.635. The molecule has 0 unspecified atom stereocenters. The maximum absolute atomic E-state index is 13.1. The first-order chi connectivity index (χ1) is 17.7. The van der Waals surface area contributed by atoms with Crippen molar-refractivity contribution in [1.29, 1.82) is 5.26 Å². The first kappa shape index (κ1) is 27.7. The van der Waals surface area contributed by atoms with Crippen LogP contribution in [0.1, 0.15) is 23.6 Å². The van der Waals surface area contributed by atoms with Gasteiger partial charge in [0, 0.05) is 11.4 Å². The number of hydrogen-bond acceptors (Lipinski definition) is 5. The van der Waals surface area contributed by atoms with Gasteiger partial charge >= 0.3 is 0 Å². The zero-order chi connectivity index (χ0) is 26.9. The lowest BCUT2D eigenvalue weighted by Gasteiger charge is -2.15. The van der Waals surface area contributed by atoms with Crippen molar-refractivity contribution in [3.05, 3.63) is 86.2 Å². The topological polar surface area (TPSA) is 100 Å². The minimum atomic E-state index is -0.634. The van der Waals surface area contributed by atoms with Gasteiger partial charge in [-0.05, 0) is 109 Å². The second kappa shape index (κ2) is 12.9. The Hall–Kier alpha value is -3.91. The van der Waals surface area contributed by atoms with Crippen LogP contribution in [0.3, 0.4) is 0 Å². The zero-order valence-corrected chi connectivity index (χ0v) is 22.7. The highest BCUT2D eigenvalue weighted by Crippen LogP contribution is 2.35. The molecule has 0 heterocycles. The number of nitriles is 1. The molecule has 3 aromatic carbocycles. The van der Waals surface area contributed by atoms with Gasteiger partial charge in [0.2, 0.25) is 0 Å². The van der Waals surface area contributed by atoms with Crippen molar-refractivity contribution in [3.63, 3.8) is 0 Å². The summed E-state index contributed by atoms with van der Waals surface area (Å²) in [6.07, 6.45) is 1.42. The fourth-order valence-electron chi connectivity index (χ4n) is 3.32. The van der Waals surface area contributed by atoms with Crippen LogP contribution in [-0.2, 0) is 9.59 Å². The number of halogens is 2. The number of benzene rings is 3. The highest BCUT2D eigenvalue weighted by molar-refractivity contribution is 14.1. The Morgan fingerprint density at radius 3 is 2.46 bits per heavy atom. The highest BCUT2D eigenvalue weighted by atomic mass is 127. The van der Waals surface area contributed by atoms with Crippen molar-refractivity contribution in [2.75, 3.05) is 23.8 Å². The van der Waals surface area contributed by atoms with Crippen LogP contribution < -0.4 is 20.1 Å². The highest BCUT2D eigenvalue weighted by Gasteiger charge is 2.16. The normalized spacial score (nSPS) is 10.9. The van der Waals surface area contributed by atoms with E-state index in [1.165, 1.54) is 30.3 Å². The zero-order valence-electron chi connectivity index (χ0n) is 20.5. The van der Waals surface area contributed by atoms with E-state index in [9.17, 15) is 19.2 Å². The molecule has 0 aromatic heterocycles. The van der Waals surface area contributed by atoms with Crippen molar-refractivity contribution in [3.8, 4) is 17.6 Å². The quantitative estimate of drug-likeness (QED) is 0.175. The molecule has 3 rings (SSSR count). The lowest BCUT2D eigenvalue weighted by Crippen LogP contribution is -2.21. The standard InChI is InChI=1S/C28H25FIN3O4/c1-4-36-25-14-19(12-20(15-31)28(35)32-22-9-7-21(29)8-10-22)13-23(30)27(25)37-16-26(34)33-24-11-17(2)5-6-18(24)3/h5-14H,4,16H2,1-3H3,(H,32,35)(H,33,34)/b20-12+. The molecule has 190 valence electrons. The number of hydrogen-bond donors (Lipinski definition) is 2. The number of ether oxygens (including phenoxy) is 2. The third-order valence-corrected chi connectivity index (χ3v) is 5.93. The number of anilines is 2. The van der Waals surface area contributed by atoms with Crippen molar-refractivity contribution in [1.82, 2.24) is 0 Å². The van der Waals surface area contributed by atoms with Crippen molar-refractivity contribution < 1.29 is 23.5 Å². The fourth-order valence-corrected chi connectivity index (χ4v) is 4.10. The average Bonchev–Trinajstić information content (AvgIpc) is 2.85. The molecule has 0 fully saturated rings. The average molecular weight is 613 g/mol. The van der Waals surface area contributed by atoms with Crippen LogP contribution >= 0.6 is 22.6 Å². The Labute approximate surface area is 228 Å². The lowest BCUT2D eigenvalue weighted by molar-refractivity contribution is -0.118. The number of amides is 2. The van der Waals surface area contributed by atoms with E-state index in [-0.39, 0.29) is 18.1 Å². The van der Waals surface area contributed by atoms with Gasteiger partial charge in [0.15, 0.2) is 18.1 Å². The summed E-state index contributed by atoms with van der Waals surface area (Å²) in [7, 11) is 0. The monoisotopic (exact) mass is 613 g/mol. The molecule has 0 radical (unpaired) electrons. The minimum absolute atomic E-state index is 0.149. The molecule has 0 aliphatic heterocycles. The maximum Gasteiger partial charge on any atom is 0.266 e. The van der Waals surface area contributed by atoms with Crippen molar-refractivity contribution in [2.24, 2.45) is 0 Å². The molecule has 0 aliphatic carbocycles. The second-order valence-electron chi connectivity index (χ2n) is 8.05. The predicted octanol–water partition coefficient (Wildman–Crippen LogP) is 6.01. The number of nitrogens with zero attached hydrogens (tertiary/aromatic N) is 1. The molecule has 0 saturated heterocycles. The number of carbonyl (C=O) groups excluding carboxylic acids is 2. The van der Waals surface area contributed by atoms with Crippen LogP contribution in [0.15, 0.2) is 60.2 Å². The summed E-state index contributed by atoms with van der Waals surface area (Å²) in [6.45, 7) is 5.77. The van der Waals surface area contributed by atoms with Gasteiger partial charge in [0.25, 0.3) is 11.8 Å². The Bertz CT molecular complexity index is 1380. The first-order valence-electron chi connectivity index (χ1n) is 11.3. The molecule has 37 heavy (non-hydrogen) atoms. The van der Waals surface area contributed by atoms with Crippen LogP contribution in [0.25, 0.3) is 6.08 Å². The third kappa shape index (κ3) is 7.79. The predicted molar refractivity (Wildman–Crippen MR) is 149 cm³/mol. The van der Waals surface area contributed by atoms with Crippen LogP contribution in [-0.4, -0.2) is 25.0 Å². The molecule has 7 nitrogen and oxygen atoms in total. The van der Waals surface area contributed by atoms with E-state index in [1.54, 1.807) is 12.1 Å². The van der Waals surface area contributed by atoms with Gasteiger partial charge in [0.05, 0.1) is 10.2 Å². The SMILES string of the molecule is CCOc1cc(/C=C(\C#N)C(=O)Nc2ccc(F)cc2)cc(I)c1OCC(=O)Nc1cc(C)ccc1C. The molecule has 3 aromatic rings. The van der Waals surface area contributed by atoms with Gasteiger partial charge in [-0.15, -0.1) is 0 Å². The van der Waals surface area contributed by atoms with Crippen LogP contribution in [0.2, 0.25) is 0 Å². The molecule has 0 atom stereocenters. The maximum atomic E-state index is 13.1. The molecule has 2 N–H and O–H groups in total. The third-order valence-electron chi connectivity index (χ3n) is 5.12. The molecular weight excluding hydrogens is 588 g/mol. The summed E-state index contributed by atoms with van der Waals surface area (Å²) < 4.78 is 25.3. The van der Waals surface area contributed by atoms with E-state index in [0.717, 1.165) is 16.8 Å². The van der Waals surface area contributed by atoms with E-state index in [0.29, 0.717) is 32.9 Å². The Morgan fingerprint density at radius 2 is 1.78 bits per heavy atom. The molecule has 9 heteroatoms. The number of carbonyl (C=O) groups is 2. The lowest BCUT2D eigenvalue weighted by atomic mass is 10.1. The molecule has 0 bridgehead atoms.